The monoisotopic (exact) mass is 397 g/mol. The number of anilines is 1. The van der Waals surface area contributed by atoms with E-state index in [1.807, 2.05) is 19.2 Å². The van der Waals surface area contributed by atoms with Gasteiger partial charge in [-0.15, -0.1) is 0 Å². The predicted octanol–water partition coefficient (Wildman–Crippen LogP) is 4.16. The van der Waals surface area contributed by atoms with Crippen molar-refractivity contribution in [3.8, 4) is 11.3 Å². The lowest BCUT2D eigenvalue weighted by Crippen LogP contribution is -2.41. The Labute approximate surface area is 172 Å². The maximum Gasteiger partial charge on any atom is 0.225 e. The molecule has 0 atom stereocenters. The van der Waals surface area contributed by atoms with Crippen LogP contribution in [0.3, 0.4) is 0 Å². The van der Waals surface area contributed by atoms with Crippen LogP contribution >= 0.6 is 0 Å². The van der Waals surface area contributed by atoms with Crippen molar-refractivity contribution in [3.05, 3.63) is 23.7 Å². The van der Waals surface area contributed by atoms with Gasteiger partial charge in [0.15, 0.2) is 5.76 Å². The molecule has 3 heterocycles. The van der Waals surface area contributed by atoms with Gasteiger partial charge in [0.05, 0.1) is 17.0 Å². The molecule has 1 saturated carbocycles. The Morgan fingerprint density at radius 1 is 1.21 bits per heavy atom. The fourth-order valence-electron chi connectivity index (χ4n) is 4.52. The van der Waals surface area contributed by atoms with Crippen molar-refractivity contribution in [3.63, 3.8) is 0 Å². The maximum atomic E-state index is 12.8. The number of carbonyl (C=O) groups is 1. The Morgan fingerprint density at radius 3 is 2.55 bits per heavy atom. The largest absolute Gasteiger partial charge is 0.356 e. The number of hydrogen-bond acceptors (Lipinski definition) is 6. The number of hydrogen-bond donors (Lipinski definition) is 1. The highest BCUT2D eigenvalue weighted by Crippen LogP contribution is 2.36. The first-order valence-corrected chi connectivity index (χ1v) is 10.9. The summed E-state index contributed by atoms with van der Waals surface area (Å²) in [5.41, 5.74) is 2.74. The molecule has 1 amide bonds. The van der Waals surface area contributed by atoms with Crippen LogP contribution in [0.1, 0.15) is 69.7 Å². The number of amides is 1. The highest BCUT2D eigenvalue weighted by atomic mass is 16.5. The van der Waals surface area contributed by atoms with Crippen LogP contribution in [0.5, 0.6) is 0 Å². The highest BCUT2D eigenvalue weighted by Gasteiger charge is 2.32. The minimum Gasteiger partial charge on any atom is -0.356 e. The van der Waals surface area contributed by atoms with E-state index < -0.39 is 0 Å². The lowest BCUT2D eigenvalue weighted by Gasteiger charge is -2.34. The SMILES string of the molecule is Cc1cc(-c2cnc(NC(C)C)nc2C2CCN(C(=O)C3CCCC3)CC2)on1. The standard InChI is InChI=1S/C22H31N5O2/c1-14(2)24-22-23-13-18(19-12-15(3)26-29-19)20(25-22)16-8-10-27(11-9-16)21(28)17-6-4-5-7-17/h12-14,16-17H,4-11H2,1-3H3,(H,23,24,25). The number of aryl methyl sites for hydroxylation is 1. The van der Waals surface area contributed by atoms with Gasteiger partial charge >= 0.3 is 0 Å². The first-order valence-electron chi connectivity index (χ1n) is 10.9. The maximum absolute atomic E-state index is 12.8. The smallest absolute Gasteiger partial charge is 0.225 e. The van der Waals surface area contributed by atoms with Crippen LogP contribution in [-0.2, 0) is 4.79 Å². The quantitative estimate of drug-likeness (QED) is 0.816. The van der Waals surface area contributed by atoms with Crippen LogP contribution in [-0.4, -0.2) is 45.1 Å². The molecule has 0 radical (unpaired) electrons. The molecular weight excluding hydrogens is 366 g/mol. The molecular formula is C22H31N5O2. The van der Waals surface area contributed by atoms with Crippen LogP contribution in [0.25, 0.3) is 11.3 Å². The van der Waals surface area contributed by atoms with Gasteiger partial charge in [0.25, 0.3) is 0 Å². The van der Waals surface area contributed by atoms with Crippen molar-refractivity contribution >= 4 is 11.9 Å². The summed E-state index contributed by atoms with van der Waals surface area (Å²) in [6.07, 6.45) is 8.17. The van der Waals surface area contributed by atoms with E-state index >= 15 is 0 Å². The molecule has 2 aromatic heterocycles. The zero-order chi connectivity index (χ0) is 20.4. The van der Waals surface area contributed by atoms with E-state index in [1.165, 1.54) is 12.8 Å². The van der Waals surface area contributed by atoms with Crippen LogP contribution in [0.15, 0.2) is 16.8 Å². The number of aromatic nitrogens is 3. The predicted molar refractivity (Wildman–Crippen MR) is 112 cm³/mol. The second kappa shape index (κ2) is 8.51. The van der Waals surface area contributed by atoms with Crippen LogP contribution in [0.2, 0.25) is 0 Å². The highest BCUT2D eigenvalue weighted by molar-refractivity contribution is 5.79. The minimum atomic E-state index is 0.250. The third-order valence-corrected chi connectivity index (χ3v) is 6.03. The fraction of sp³-hybridized carbons (Fsp3) is 0.636. The lowest BCUT2D eigenvalue weighted by atomic mass is 9.89. The van der Waals surface area contributed by atoms with Gasteiger partial charge in [0.1, 0.15) is 0 Å². The van der Waals surface area contributed by atoms with E-state index in [0.29, 0.717) is 17.6 Å². The van der Waals surface area contributed by atoms with Crippen molar-refractivity contribution < 1.29 is 9.32 Å². The average Bonchev–Trinajstić information content (AvgIpc) is 3.39. The molecule has 0 spiro atoms. The fourth-order valence-corrected chi connectivity index (χ4v) is 4.52. The third-order valence-electron chi connectivity index (χ3n) is 6.03. The van der Waals surface area contributed by atoms with E-state index in [-0.39, 0.29) is 17.9 Å². The molecule has 0 bridgehead atoms. The van der Waals surface area contributed by atoms with Crippen LogP contribution in [0, 0.1) is 12.8 Å². The van der Waals surface area contributed by atoms with Gasteiger partial charge in [-0.3, -0.25) is 4.79 Å². The molecule has 1 N–H and O–H groups in total. The van der Waals surface area contributed by atoms with Gasteiger partial charge < -0.3 is 14.7 Å². The Morgan fingerprint density at radius 2 is 1.93 bits per heavy atom. The van der Waals surface area contributed by atoms with Crippen molar-refractivity contribution in [1.82, 2.24) is 20.0 Å². The minimum absolute atomic E-state index is 0.250. The Balaban J connectivity index is 1.54. The first kappa shape index (κ1) is 19.9. The number of piperidine rings is 1. The number of nitrogens with zero attached hydrogens (tertiary/aromatic N) is 4. The molecule has 1 aliphatic carbocycles. The summed E-state index contributed by atoms with van der Waals surface area (Å²) in [7, 11) is 0. The second-order valence-electron chi connectivity index (χ2n) is 8.71. The van der Waals surface area contributed by atoms with E-state index in [1.54, 1.807) is 0 Å². The summed E-state index contributed by atoms with van der Waals surface area (Å²) in [6.45, 7) is 7.65. The van der Waals surface area contributed by atoms with Gasteiger partial charge in [-0.25, -0.2) is 9.97 Å². The summed E-state index contributed by atoms with van der Waals surface area (Å²) in [6, 6.07) is 2.18. The summed E-state index contributed by atoms with van der Waals surface area (Å²) in [5.74, 6) is 2.23. The summed E-state index contributed by atoms with van der Waals surface area (Å²) in [5, 5.41) is 7.33. The average molecular weight is 398 g/mol. The second-order valence-corrected chi connectivity index (χ2v) is 8.71. The molecule has 2 aliphatic rings. The molecule has 1 saturated heterocycles. The van der Waals surface area contributed by atoms with Gasteiger partial charge in [-0.05, 0) is 46.5 Å². The third kappa shape index (κ3) is 4.43. The summed E-state index contributed by atoms with van der Waals surface area (Å²) >= 11 is 0. The van der Waals surface area contributed by atoms with Crippen molar-refractivity contribution in [2.45, 2.75) is 71.3 Å². The zero-order valence-corrected chi connectivity index (χ0v) is 17.6. The van der Waals surface area contributed by atoms with Gasteiger partial charge in [-0.1, -0.05) is 18.0 Å². The Hall–Kier alpha value is -2.44. The van der Waals surface area contributed by atoms with Crippen molar-refractivity contribution in [1.29, 1.82) is 0 Å². The van der Waals surface area contributed by atoms with Gasteiger partial charge in [-0.2, -0.15) is 0 Å². The van der Waals surface area contributed by atoms with Crippen LogP contribution in [0.4, 0.5) is 5.95 Å². The molecule has 1 aliphatic heterocycles. The number of likely N-dealkylation sites (tertiary alicyclic amines) is 1. The molecule has 7 nitrogen and oxygen atoms in total. The molecule has 29 heavy (non-hydrogen) atoms. The molecule has 156 valence electrons. The van der Waals surface area contributed by atoms with Gasteiger partial charge in [0.2, 0.25) is 11.9 Å². The molecule has 7 heteroatoms. The molecule has 4 rings (SSSR count). The Bertz CT molecular complexity index is 849. The lowest BCUT2D eigenvalue weighted by molar-refractivity contribution is -0.136. The van der Waals surface area contributed by atoms with Crippen molar-refractivity contribution in [2.75, 3.05) is 18.4 Å². The van der Waals surface area contributed by atoms with Crippen molar-refractivity contribution in [2.24, 2.45) is 5.92 Å². The number of rotatable bonds is 5. The van der Waals surface area contributed by atoms with Crippen LogP contribution < -0.4 is 5.32 Å². The molecule has 2 aromatic rings. The zero-order valence-electron chi connectivity index (χ0n) is 17.6. The Kier molecular flexibility index (Phi) is 5.83. The van der Waals surface area contributed by atoms with E-state index in [4.69, 9.17) is 9.51 Å². The summed E-state index contributed by atoms with van der Waals surface area (Å²) < 4.78 is 5.51. The topological polar surface area (TPSA) is 84.2 Å². The molecule has 2 fully saturated rings. The molecule has 0 unspecified atom stereocenters. The van der Waals surface area contributed by atoms with E-state index in [9.17, 15) is 4.79 Å². The van der Waals surface area contributed by atoms with Gasteiger partial charge in [0, 0.05) is 43.2 Å². The van der Waals surface area contributed by atoms with E-state index in [2.05, 4.69) is 34.2 Å². The number of carbonyl (C=O) groups excluding carboxylic acids is 1. The number of nitrogens with one attached hydrogen (secondary N) is 1. The summed E-state index contributed by atoms with van der Waals surface area (Å²) in [4.78, 5) is 24.2. The molecule has 0 aromatic carbocycles. The van der Waals surface area contributed by atoms with E-state index in [0.717, 1.165) is 55.7 Å². The first-order chi connectivity index (χ1) is 14.0. The normalized spacial score (nSPS) is 18.6.